The van der Waals surface area contributed by atoms with Crippen LogP contribution in [0.5, 0.6) is 0 Å². The fourth-order valence-electron chi connectivity index (χ4n) is 3.31. The number of sulfonamides is 1. The van der Waals surface area contributed by atoms with E-state index in [0.717, 1.165) is 28.8 Å². The monoisotopic (exact) mass is 418 g/mol. The van der Waals surface area contributed by atoms with Crippen LogP contribution in [0.15, 0.2) is 58.2 Å². The molecular formula is C21H26N2O3S2. The van der Waals surface area contributed by atoms with E-state index in [-0.39, 0.29) is 15.8 Å². The first-order valence-corrected chi connectivity index (χ1v) is 11.8. The summed E-state index contributed by atoms with van der Waals surface area (Å²) < 4.78 is 31.4. The van der Waals surface area contributed by atoms with Gasteiger partial charge in [0.2, 0.25) is 10.0 Å². The van der Waals surface area contributed by atoms with E-state index in [0.29, 0.717) is 23.6 Å². The summed E-state index contributed by atoms with van der Waals surface area (Å²) in [6.45, 7) is 6.79. The average molecular weight is 419 g/mol. The molecule has 0 fully saturated rings. The number of rotatable bonds is 8. The zero-order valence-corrected chi connectivity index (χ0v) is 18.0. The summed E-state index contributed by atoms with van der Waals surface area (Å²) in [5.41, 5.74) is 1.73. The molecule has 3 rings (SSSR count). The van der Waals surface area contributed by atoms with Crippen LogP contribution in [-0.2, 0) is 16.6 Å². The number of thiazole rings is 1. The molecular weight excluding hydrogens is 392 g/mol. The molecule has 28 heavy (non-hydrogen) atoms. The number of fused-ring (bicyclic) bond motifs is 1. The number of nitrogens with zero attached hydrogens (tertiary/aromatic N) is 1. The molecule has 0 spiro atoms. The third kappa shape index (κ3) is 4.54. The predicted molar refractivity (Wildman–Crippen MR) is 115 cm³/mol. The number of hydrogen-bond donors (Lipinski definition) is 1. The van der Waals surface area contributed by atoms with Crippen molar-refractivity contribution in [3.8, 4) is 0 Å². The number of benzene rings is 2. The third-order valence-corrected chi connectivity index (χ3v) is 7.01. The topological polar surface area (TPSA) is 68.2 Å². The highest BCUT2D eigenvalue weighted by Crippen LogP contribution is 2.26. The van der Waals surface area contributed by atoms with E-state index < -0.39 is 10.0 Å². The Hall–Kier alpha value is -1.96. The van der Waals surface area contributed by atoms with Gasteiger partial charge in [0.15, 0.2) is 0 Å². The van der Waals surface area contributed by atoms with Crippen LogP contribution in [0.25, 0.3) is 10.2 Å². The Morgan fingerprint density at radius 2 is 1.82 bits per heavy atom. The molecule has 1 N–H and O–H groups in total. The van der Waals surface area contributed by atoms with Crippen LogP contribution < -0.4 is 9.60 Å². The molecule has 0 saturated heterocycles. The van der Waals surface area contributed by atoms with Crippen molar-refractivity contribution in [3.63, 3.8) is 0 Å². The third-order valence-electron chi connectivity index (χ3n) is 4.60. The minimum atomic E-state index is -3.72. The summed E-state index contributed by atoms with van der Waals surface area (Å²) in [5.74, 6) is 0.337. The van der Waals surface area contributed by atoms with Crippen LogP contribution in [0.1, 0.15) is 45.2 Å². The number of hydrogen-bond acceptors (Lipinski definition) is 4. The maximum absolute atomic E-state index is 13.1. The lowest BCUT2D eigenvalue weighted by Crippen LogP contribution is -2.29. The summed E-state index contributed by atoms with van der Waals surface area (Å²) >= 11 is 1.09. The molecule has 1 atom stereocenters. The Balaban J connectivity index is 1.95. The summed E-state index contributed by atoms with van der Waals surface area (Å²) in [6.07, 6.45) is 1.55. The molecule has 150 valence electrons. The van der Waals surface area contributed by atoms with E-state index in [1.807, 2.05) is 37.3 Å². The fraction of sp³-hybridized carbons (Fsp3) is 0.381. The summed E-state index contributed by atoms with van der Waals surface area (Å²) in [4.78, 5) is 12.3. The Kier molecular flexibility index (Phi) is 6.37. The van der Waals surface area contributed by atoms with Gasteiger partial charge in [-0.3, -0.25) is 9.36 Å². The first-order valence-electron chi connectivity index (χ1n) is 9.52. The fourth-order valence-corrected chi connectivity index (χ4v) is 5.61. The molecule has 3 aromatic rings. The van der Waals surface area contributed by atoms with Crippen molar-refractivity contribution in [1.29, 1.82) is 0 Å². The number of aromatic nitrogens is 1. The largest absolute Gasteiger partial charge is 0.308 e. The Labute approximate surface area is 170 Å². The zero-order chi connectivity index (χ0) is 20.3. The number of nitrogens with one attached hydrogen (secondary N) is 1. The van der Waals surface area contributed by atoms with Crippen LogP contribution in [0.2, 0.25) is 0 Å². The van der Waals surface area contributed by atoms with Gasteiger partial charge in [-0.15, -0.1) is 0 Å². The lowest BCUT2D eigenvalue weighted by molar-refractivity contribution is 0.472. The van der Waals surface area contributed by atoms with Gasteiger partial charge in [0.05, 0.1) is 15.1 Å². The van der Waals surface area contributed by atoms with Gasteiger partial charge in [-0.05, 0) is 42.5 Å². The van der Waals surface area contributed by atoms with Crippen LogP contribution in [0, 0.1) is 5.92 Å². The van der Waals surface area contributed by atoms with Crippen LogP contribution >= 0.6 is 11.3 Å². The normalized spacial score (nSPS) is 13.3. The van der Waals surface area contributed by atoms with Gasteiger partial charge in [-0.25, -0.2) is 13.1 Å². The average Bonchev–Trinajstić information content (AvgIpc) is 2.96. The molecule has 1 aromatic heterocycles. The van der Waals surface area contributed by atoms with Crippen molar-refractivity contribution in [2.75, 3.05) is 0 Å². The Morgan fingerprint density at radius 1 is 1.11 bits per heavy atom. The van der Waals surface area contributed by atoms with E-state index in [4.69, 9.17) is 0 Å². The minimum absolute atomic E-state index is 0.0543. The molecule has 0 amide bonds. The highest BCUT2D eigenvalue weighted by Gasteiger charge is 2.23. The molecule has 0 aliphatic rings. The minimum Gasteiger partial charge on any atom is -0.299 e. The van der Waals surface area contributed by atoms with Gasteiger partial charge in [0.25, 0.3) is 0 Å². The molecule has 0 unspecified atom stereocenters. The van der Waals surface area contributed by atoms with E-state index in [9.17, 15) is 13.2 Å². The van der Waals surface area contributed by atoms with Gasteiger partial charge < -0.3 is 0 Å². The first-order chi connectivity index (χ1) is 13.3. The van der Waals surface area contributed by atoms with Crippen molar-refractivity contribution < 1.29 is 8.42 Å². The zero-order valence-electron chi connectivity index (χ0n) is 16.4. The second-order valence-electron chi connectivity index (χ2n) is 7.36. The highest BCUT2D eigenvalue weighted by molar-refractivity contribution is 7.89. The van der Waals surface area contributed by atoms with Crippen molar-refractivity contribution in [2.45, 2.75) is 51.1 Å². The molecule has 0 bridgehead atoms. The molecule has 1 heterocycles. The molecule has 0 aliphatic carbocycles. The van der Waals surface area contributed by atoms with Gasteiger partial charge in [-0.2, -0.15) is 0 Å². The smallest absolute Gasteiger partial charge is 0.299 e. The molecule has 0 radical (unpaired) electrons. The van der Waals surface area contributed by atoms with Gasteiger partial charge >= 0.3 is 4.87 Å². The molecule has 2 aromatic carbocycles. The summed E-state index contributed by atoms with van der Waals surface area (Å²) in [5, 5.41) is 0. The summed E-state index contributed by atoms with van der Waals surface area (Å²) in [7, 11) is -3.72. The van der Waals surface area contributed by atoms with Crippen LogP contribution in [0.3, 0.4) is 0 Å². The van der Waals surface area contributed by atoms with Crippen molar-refractivity contribution in [3.05, 3.63) is 63.8 Å². The van der Waals surface area contributed by atoms with E-state index in [1.165, 1.54) is 0 Å². The lowest BCUT2D eigenvalue weighted by Gasteiger charge is -2.21. The Bertz CT molecular complexity index is 1100. The van der Waals surface area contributed by atoms with Crippen molar-refractivity contribution in [2.24, 2.45) is 5.92 Å². The van der Waals surface area contributed by atoms with Gasteiger partial charge in [0, 0.05) is 12.6 Å². The summed E-state index contributed by atoms with van der Waals surface area (Å²) in [6, 6.07) is 14.2. The lowest BCUT2D eigenvalue weighted by atomic mass is 9.98. The maximum Gasteiger partial charge on any atom is 0.308 e. The van der Waals surface area contributed by atoms with Gasteiger partial charge in [-0.1, -0.05) is 62.4 Å². The van der Waals surface area contributed by atoms with E-state index >= 15 is 0 Å². The standard InChI is InChI=1S/C21H26N2O3S2/c1-4-12-23-19-11-10-17(14-20(19)27-21(23)24)28(25,26)22-18(13-15(2)3)16-8-6-5-7-9-16/h5-11,14-15,18,22H,4,12-13H2,1-3H3/t18-/m1/s1. The molecule has 5 nitrogen and oxygen atoms in total. The second-order valence-corrected chi connectivity index (χ2v) is 10.1. The van der Waals surface area contributed by atoms with Crippen LogP contribution in [0.4, 0.5) is 0 Å². The van der Waals surface area contributed by atoms with Crippen molar-refractivity contribution >= 4 is 31.6 Å². The predicted octanol–water partition coefficient (Wildman–Crippen LogP) is 4.54. The number of aryl methyl sites for hydroxylation is 1. The molecule has 7 heteroatoms. The van der Waals surface area contributed by atoms with E-state index in [1.54, 1.807) is 22.8 Å². The first kappa shape index (κ1) is 20.8. The van der Waals surface area contributed by atoms with Gasteiger partial charge in [0.1, 0.15) is 0 Å². The molecule has 0 aliphatic heterocycles. The van der Waals surface area contributed by atoms with E-state index in [2.05, 4.69) is 18.6 Å². The van der Waals surface area contributed by atoms with Crippen LogP contribution in [-0.4, -0.2) is 13.0 Å². The second kappa shape index (κ2) is 8.59. The highest BCUT2D eigenvalue weighted by atomic mass is 32.2. The maximum atomic E-state index is 13.1. The quantitative estimate of drug-likeness (QED) is 0.584. The Morgan fingerprint density at radius 3 is 2.46 bits per heavy atom. The SMILES string of the molecule is CCCn1c(=O)sc2cc(S(=O)(=O)N[C@H](CC(C)C)c3ccccc3)ccc21. The van der Waals surface area contributed by atoms with Crippen molar-refractivity contribution in [1.82, 2.24) is 9.29 Å². The molecule has 0 saturated carbocycles.